The fraction of sp³-hybridized carbons (Fsp3) is 0.105. The first-order valence-corrected chi connectivity index (χ1v) is 7.97. The summed E-state index contributed by atoms with van der Waals surface area (Å²) in [5, 5.41) is 8.70. The number of nitrogens with one attached hydrogen (secondary N) is 1. The Morgan fingerprint density at radius 2 is 1.80 bits per heavy atom. The average molecular weight is 331 g/mol. The average Bonchev–Trinajstić information content (AvgIpc) is 3.12. The maximum absolute atomic E-state index is 5.39. The van der Waals surface area contributed by atoms with Crippen LogP contribution in [0.25, 0.3) is 16.7 Å². The van der Waals surface area contributed by atoms with E-state index in [0.29, 0.717) is 6.54 Å². The third-order valence-corrected chi connectivity index (χ3v) is 4.01. The van der Waals surface area contributed by atoms with Gasteiger partial charge >= 0.3 is 0 Å². The van der Waals surface area contributed by atoms with Gasteiger partial charge in [-0.25, -0.2) is 14.6 Å². The molecule has 0 unspecified atom stereocenters. The molecule has 0 bridgehead atoms. The molecule has 2 aromatic carbocycles. The Kier molecular flexibility index (Phi) is 4.00. The molecule has 0 saturated heterocycles. The third kappa shape index (κ3) is 2.89. The molecule has 0 amide bonds. The summed E-state index contributed by atoms with van der Waals surface area (Å²) in [6, 6.07) is 17.8. The summed E-state index contributed by atoms with van der Waals surface area (Å²) in [6.45, 7) is 0.604. The van der Waals surface area contributed by atoms with Crippen LogP contribution in [0.4, 0.5) is 5.82 Å². The zero-order valence-corrected chi connectivity index (χ0v) is 13.8. The van der Waals surface area contributed by atoms with Crippen molar-refractivity contribution in [3.8, 4) is 11.4 Å². The summed E-state index contributed by atoms with van der Waals surface area (Å²) in [5.74, 6) is 1.60. The molecule has 2 heterocycles. The summed E-state index contributed by atoms with van der Waals surface area (Å²) in [5.41, 5.74) is 2.79. The maximum atomic E-state index is 5.39. The molecule has 6 heteroatoms. The van der Waals surface area contributed by atoms with Crippen molar-refractivity contribution in [2.75, 3.05) is 12.4 Å². The van der Waals surface area contributed by atoms with E-state index < -0.39 is 0 Å². The minimum atomic E-state index is 0.604. The van der Waals surface area contributed by atoms with Gasteiger partial charge in [0.2, 0.25) is 0 Å². The molecular formula is C19H17N5O. The highest BCUT2D eigenvalue weighted by molar-refractivity contribution is 5.87. The Morgan fingerprint density at radius 1 is 1.00 bits per heavy atom. The lowest BCUT2D eigenvalue weighted by Gasteiger charge is -2.10. The van der Waals surface area contributed by atoms with Crippen molar-refractivity contribution >= 4 is 16.9 Å². The van der Waals surface area contributed by atoms with E-state index in [1.807, 2.05) is 59.3 Å². The highest BCUT2D eigenvalue weighted by Gasteiger charge is 2.11. The van der Waals surface area contributed by atoms with E-state index in [1.165, 1.54) is 0 Å². The van der Waals surface area contributed by atoms with E-state index >= 15 is 0 Å². The fourth-order valence-corrected chi connectivity index (χ4v) is 2.77. The Bertz CT molecular complexity index is 997. The van der Waals surface area contributed by atoms with Crippen LogP contribution in [-0.4, -0.2) is 26.9 Å². The Morgan fingerprint density at radius 3 is 2.64 bits per heavy atom. The van der Waals surface area contributed by atoms with Gasteiger partial charge in [-0.3, -0.25) is 0 Å². The highest BCUT2D eigenvalue weighted by atomic mass is 16.5. The molecule has 0 fully saturated rings. The van der Waals surface area contributed by atoms with Gasteiger partial charge in [0, 0.05) is 12.1 Å². The van der Waals surface area contributed by atoms with Crippen LogP contribution >= 0.6 is 0 Å². The zero-order valence-electron chi connectivity index (χ0n) is 13.8. The monoisotopic (exact) mass is 331 g/mol. The molecule has 0 saturated carbocycles. The van der Waals surface area contributed by atoms with Crippen LogP contribution in [0.5, 0.6) is 5.75 Å². The Hall–Kier alpha value is -3.41. The molecule has 4 rings (SSSR count). The Labute approximate surface area is 145 Å². The lowest BCUT2D eigenvalue weighted by Crippen LogP contribution is -2.04. The first kappa shape index (κ1) is 15.1. The summed E-state index contributed by atoms with van der Waals surface area (Å²) < 4.78 is 7.20. The molecule has 0 radical (unpaired) electrons. The van der Waals surface area contributed by atoms with Crippen molar-refractivity contribution in [3.63, 3.8) is 0 Å². The van der Waals surface area contributed by atoms with Gasteiger partial charge in [-0.05, 0) is 18.2 Å². The van der Waals surface area contributed by atoms with Gasteiger partial charge in [-0.1, -0.05) is 36.4 Å². The van der Waals surface area contributed by atoms with Crippen molar-refractivity contribution in [2.45, 2.75) is 6.54 Å². The number of ether oxygens (including phenoxy) is 1. The number of rotatable bonds is 5. The standard InChI is InChI=1S/C19H17N5O/c1-25-17-10-6-5-7-14(17)11-20-18-16-12-23-24(19(16)22-13-21-18)15-8-3-2-4-9-15/h2-10,12-13H,11H2,1H3,(H,20,21,22). The number of hydrogen-bond acceptors (Lipinski definition) is 5. The summed E-state index contributed by atoms with van der Waals surface area (Å²) in [6.07, 6.45) is 3.33. The zero-order chi connectivity index (χ0) is 17.1. The summed E-state index contributed by atoms with van der Waals surface area (Å²) in [4.78, 5) is 8.76. The molecule has 0 aliphatic rings. The minimum Gasteiger partial charge on any atom is -0.496 e. The second-order valence-electron chi connectivity index (χ2n) is 5.52. The van der Waals surface area contributed by atoms with Gasteiger partial charge in [0.05, 0.1) is 24.4 Å². The predicted molar refractivity (Wildman–Crippen MR) is 97.0 cm³/mol. The number of hydrogen-bond donors (Lipinski definition) is 1. The molecule has 1 N–H and O–H groups in total. The molecule has 0 atom stereocenters. The Balaban J connectivity index is 1.66. The van der Waals surface area contributed by atoms with E-state index in [1.54, 1.807) is 19.6 Å². The first-order valence-electron chi connectivity index (χ1n) is 7.97. The smallest absolute Gasteiger partial charge is 0.168 e. The van der Waals surface area contributed by atoms with Crippen LogP contribution in [0.3, 0.4) is 0 Å². The van der Waals surface area contributed by atoms with Crippen LogP contribution in [-0.2, 0) is 6.54 Å². The van der Waals surface area contributed by atoms with Gasteiger partial charge in [0.1, 0.15) is 17.9 Å². The lowest BCUT2D eigenvalue weighted by molar-refractivity contribution is 0.410. The largest absolute Gasteiger partial charge is 0.496 e. The van der Waals surface area contributed by atoms with Gasteiger partial charge < -0.3 is 10.1 Å². The lowest BCUT2D eigenvalue weighted by atomic mass is 10.2. The van der Waals surface area contributed by atoms with Crippen LogP contribution < -0.4 is 10.1 Å². The van der Waals surface area contributed by atoms with Crippen molar-refractivity contribution in [1.82, 2.24) is 19.7 Å². The number of fused-ring (bicyclic) bond motifs is 1. The first-order chi connectivity index (χ1) is 12.4. The number of anilines is 1. The molecule has 2 aromatic heterocycles. The third-order valence-electron chi connectivity index (χ3n) is 4.01. The molecule has 4 aromatic rings. The minimum absolute atomic E-state index is 0.604. The van der Waals surface area contributed by atoms with Crippen LogP contribution in [0.15, 0.2) is 67.1 Å². The van der Waals surface area contributed by atoms with Crippen molar-refractivity contribution in [2.24, 2.45) is 0 Å². The number of benzene rings is 2. The maximum Gasteiger partial charge on any atom is 0.168 e. The molecule has 25 heavy (non-hydrogen) atoms. The van der Waals surface area contributed by atoms with Crippen molar-refractivity contribution in [1.29, 1.82) is 0 Å². The quantitative estimate of drug-likeness (QED) is 0.607. The van der Waals surface area contributed by atoms with Crippen LogP contribution in [0.2, 0.25) is 0 Å². The SMILES string of the molecule is COc1ccccc1CNc1ncnc2c1cnn2-c1ccccc1. The second-order valence-corrected chi connectivity index (χ2v) is 5.52. The van der Waals surface area contributed by atoms with Crippen molar-refractivity contribution in [3.05, 3.63) is 72.7 Å². The van der Waals surface area contributed by atoms with E-state index in [2.05, 4.69) is 20.4 Å². The van der Waals surface area contributed by atoms with E-state index in [9.17, 15) is 0 Å². The van der Waals surface area contributed by atoms with Gasteiger partial charge in [0.15, 0.2) is 5.65 Å². The molecular weight excluding hydrogens is 314 g/mol. The summed E-state index contributed by atoms with van der Waals surface area (Å²) >= 11 is 0. The normalized spacial score (nSPS) is 10.8. The van der Waals surface area contributed by atoms with Gasteiger partial charge in [-0.15, -0.1) is 0 Å². The van der Waals surface area contributed by atoms with Gasteiger partial charge in [-0.2, -0.15) is 5.10 Å². The number of nitrogens with zero attached hydrogens (tertiary/aromatic N) is 4. The van der Waals surface area contributed by atoms with Crippen molar-refractivity contribution < 1.29 is 4.74 Å². The predicted octanol–water partition coefficient (Wildman–Crippen LogP) is 3.44. The van der Waals surface area contributed by atoms with Crippen LogP contribution in [0, 0.1) is 0 Å². The topological polar surface area (TPSA) is 64.9 Å². The fourth-order valence-electron chi connectivity index (χ4n) is 2.77. The number of aromatic nitrogens is 4. The molecule has 0 aliphatic heterocycles. The second kappa shape index (κ2) is 6.60. The van der Waals surface area contributed by atoms with Gasteiger partial charge in [0.25, 0.3) is 0 Å². The number of para-hydroxylation sites is 2. The molecule has 0 aliphatic carbocycles. The van der Waals surface area contributed by atoms with E-state index in [0.717, 1.165) is 33.9 Å². The number of methoxy groups -OCH3 is 1. The van der Waals surface area contributed by atoms with E-state index in [-0.39, 0.29) is 0 Å². The van der Waals surface area contributed by atoms with E-state index in [4.69, 9.17) is 4.74 Å². The summed E-state index contributed by atoms with van der Waals surface area (Å²) in [7, 11) is 1.67. The molecule has 6 nitrogen and oxygen atoms in total. The van der Waals surface area contributed by atoms with Crippen LogP contribution in [0.1, 0.15) is 5.56 Å². The molecule has 124 valence electrons. The highest BCUT2D eigenvalue weighted by Crippen LogP contribution is 2.23. The molecule has 0 spiro atoms.